The van der Waals surface area contributed by atoms with Gasteiger partial charge in [-0.25, -0.2) is 9.82 Å². The van der Waals surface area contributed by atoms with Gasteiger partial charge in [0.15, 0.2) is 11.5 Å². The Hall–Kier alpha value is -2.61. The minimum atomic E-state index is -0.352. The largest absolute Gasteiger partial charge is 0.493 e. The fourth-order valence-corrected chi connectivity index (χ4v) is 3.61. The van der Waals surface area contributed by atoms with Crippen molar-refractivity contribution in [2.75, 3.05) is 7.11 Å². The summed E-state index contributed by atoms with van der Waals surface area (Å²) in [5.74, 6) is 0.311. The van der Waals surface area contributed by atoms with Gasteiger partial charge in [0.05, 0.1) is 19.7 Å². The molecule has 0 aliphatic carbocycles. The van der Waals surface area contributed by atoms with Crippen molar-refractivity contribution in [1.82, 2.24) is 5.43 Å². The predicted molar refractivity (Wildman–Crippen MR) is 127 cm³/mol. The van der Waals surface area contributed by atoms with Gasteiger partial charge in [-0.2, -0.15) is 5.10 Å². The second-order valence-electron chi connectivity index (χ2n) is 6.65. The summed E-state index contributed by atoms with van der Waals surface area (Å²) >= 11 is 15.6. The Labute approximate surface area is 203 Å². The van der Waals surface area contributed by atoms with Gasteiger partial charge in [-0.1, -0.05) is 41.4 Å². The Morgan fingerprint density at radius 2 is 1.88 bits per heavy atom. The molecule has 9 heteroatoms. The van der Waals surface area contributed by atoms with E-state index in [1.165, 1.54) is 25.5 Å². The van der Waals surface area contributed by atoms with Crippen molar-refractivity contribution in [3.05, 3.63) is 91.6 Å². The van der Waals surface area contributed by atoms with Crippen LogP contribution < -0.4 is 14.9 Å². The fourth-order valence-electron chi connectivity index (χ4n) is 2.72. The summed E-state index contributed by atoms with van der Waals surface area (Å²) < 4.78 is 24.9. The first kappa shape index (κ1) is 24.0. The van der Waals surface area contributed by atoms with Crippen molar-refractivity contribution < 1.29 is 18.7 Å². The quantitative estimate of drug-likeness (QED) is 0.275. The SMILES string of the molecule is COc1cc(/C=N/NC(=O)Cc2ccc(F)cc2)c(Br)cc1OCc1ccc(Cl)cc1Cl. The lowest BCUT2D eigenvalue weighted by Gasteiger charge is -2.13. The number of ether oxygens (including phenoxy) is 2. The first-order chi connectivity index (χ1) is 15.4. The van der Waals surface area contributed by atoms with Crippen LogP contribution in [0.2, 0.25) is 10.0 Å². The zero-order chi connectivity index (χ0) is 23.1. The maximum Gasteiger partial charge on any atom is 0.244 e. The van der Waals surface area contributed by atoms with Crippen molar-refractivity contribution in [3.63, 3.8) is 0 Å². The predicted octanol–water partition coefficient (Wildman–Crippen LogP) is 6.18. The van der Waals surface area contributed by atoms with Crippen LogP contribution in [0.1, 0.15) is 16.7 Å². The molecule has 0 saturated carbocycles. The Balaban J connectivity index is 1.64. The molecule has 3 aromatic carbocycles. The molecular formula is C23H18BrCl2FN2O3. The van der Waals surface area contributed by atoms with Crippen LogP contribution in [0.3, 0.4) is 0 Å². The maximum atomic E-state index is 13.0. The van der Waals surface area contributed by atoms with Gasteiger partial charge in [-0.05, 0) is 57.9 Å². The van der Waals surface area contributed by atoms with E-state index in [0.29, 0.717) is 37.1 Å². The van der Waals surface area contributed by atoms with Gasteiger partial charge >= 0.3 is 0 Å². The van der Waals surface area contributed by atoms with E-state index in [4.69, 9.17) is 32.7 Å². The van der Waals surface area contributed by atoms with Crippen LogP contribution in [0, 0.1) is 5.82 Å². The number of hydrogen-bond donors (Lipinski definition) is 1. The number of carbonyl (C=O) groups excluding carboxylic acids is 1. The van der Waals surface area contributed by atoms with E-state index in [1.807, 2.05) is 0 Å². The van der Waals surface area contributed by atoms with Crippen molar-refractivity contribution in [1.29, 1.82) is 0 Å². The van der Waals surface area contributed by atoms with Crippen LogP contribution in [-0.4, -0.2) is 19.2 Å². The fraction of sp³-hybridized carbons (Fsp3) is 0.130. The average Bonchev–Trinajstić information content (AvgIpc) is 2.76. The number of benzene rings is 3. The van der Waals surface area contributed by atoms with Crippen molar-refractivity contribution in [2.24, 2.45) is 5.10 Å². The molecule has 0 atom stereocenters. The van der Waals surface area contributed by atoms with Crippen molar-refractivity contribution >= 4 is 51.3 Å². The van der Waals surface area contributed by atoms with Crippen molar-refractivity contribution in [3.8, 4) is 11.5 Å². The lowest BCUT2D eigenvalue weighted by Crippen LogP contribution is -2.19. The molecule has 0 aliphatic rings. The van der Waals surface area contributed by atoms with Crippen LogP contribution in [0.25, 0.3) is 0 Å². The molecule has 1 N–H and O–H groups in total. The minimum Gasteiger partial charge on any atom is -0.493 e. The normalized spacial score (nSPS) is 10.9. The van der Waals surface area contributed by atoms with Crippen molar-refractivity contribution in [2.45, 2.75) is 13.0 Å². The van der Waals surface area contributed by atoms with Crippen LogP contribution >= 0.6 is 39.1 Å². The lowest BCUT2D eigenvalue weighted by molar-refractivity contribution is -0.120. The number of hydrazone groups is 1. The average molecular weight is 540 g/mol. The van der Waals surface area contributed by atoms with Gasteiger partial charge in [0.1, 0.15) is 12.4 Å². The molecule has 3 rings (SSSR count). The number of hydrogen-bond acceptors (Lipinski definition) is 4. The Bertz CT molecular complexity index is 1140. The second kappa shape index (κ2) is 11.3. The van der Waals surface area contributed by atoms with Gasteiger partial charge in [0.2, 0.25) is 5.91 Å². The van der Waals surface area contributed by atoms with E-state index in [9.17, 15) is 9.18 Å². The Morgan fingerprint density at radius 3 is 2.56 bits per heavy atom. The van der Waals surface area contributed by atoms with E-state index in [-0.39, 0.29) is 24.8 Å². The van der Waals surface area contributed by atoms with Gasteiger partial charge in [0, 0.05) is 25.6 Å². The second-order valence-corrected chi connectivity index (χ2v) is 8.34. The molecule has 0 bridgehead atoms. The van der Waals surface area contributed by atoms with E-state index >= 15 is 0 Å². The highest BCUT2D eigenvalue weighted by Crippen LogP contribution is 2.34. The topological polar surface area (TPSA) is 59.9 Å². The van der Waals surface area contributed by atoms with E-state index in [0.717, 1.165) is 5.56 Å². The number of methoxy groups -OCH3 is 1. The molecule has 0 fully saturated rings. The molecule has 0 heterocycles. The van der Waals surface area contributed by atoms with Gasteiger partial charge in [-0.15, -0.1) is 0 Å². The lowest BCUT2D eigenvalue weighted by atomic mass is 10.1. The van der Waals surface area contributed by atoms with E-state index < -0.39 is 0 Å². The molecule has 1 amide bonds. The molecule has 32 heavy (non-hydrogen) atoms. The van der Waals surface area contributed by atoms with Crippen LogP contribution in [0.4, 0.5) is 4.39 Å². The maximum absolute atomic E-state index is 13.0. The monoisotopic (exact) mass is 538 g/mol. The number of halogens is 4. The summed E-state index contributed by atoms with van der Waals surface area (Å²) in [5.41, 5.74) is 4.58. The van der Waals surface area contributed by atoms with Gasteiger partial charge in [-0.3, -0.25) is 4.79 Å². The molecule has 0 unspecified atom stereocenters. The molecule has 166 valence electrons. The number of rotatable bonds is 8. The first-order valence-electron chi connectivity index (χ1n) is 9.36. The summed E-state index contributed by atoms with van der Waals surface area (Å²) in [6.07, 6.45) is 1.57. The molecule has 0 saturated heterocycles. The Kier molecular flexibility index (Phi) is 8.50. The van der Waals surface area contributed by atoms with Crippen LogP contribution in [0.15, 0.2) is 64.2 Å². The third kappa shape index (κ3) is 6.69. The summed E-state index contributed by atoms with van der Waals surface area (Å²) in [5, 5.41) is 5.04. The number of carbonyl (C=O) groups is 1. The van der Waals surface area contributed by atoms with Crippen LogP contribution in [0.5, 0.6) is 11.5 Å². The number of amides is 1. The van der Waals surface area contributed by atoms with Gasteiger partial charge < -0.3 is 9.47 Å². The Morgan fingerprint density at radius 1 is 1.12 bits per heavy atom. The highest BCUT2D eigenvalue weighted by Gasteiger charge is 2.11. The molecule has 3 aromatic rings. The number of nitrogens with one attached hydrogen (secondary N) is 1. The van der Waals surface area contributed by atoms with E-state index in [2.05, 4.69) is 26.5 Å². The third-order valence-corrected chi connectivity index (χ3v) is 5.63. The first-order valence-corrected chi connectivity index (χ1v) is 10.9. The molecular weight excluding hydrogens is 522 g/mol. The van der Waals surface area contributed by atoms with Gasteiger partial charge in [0.25, 0.3) is 0 Å². The summed E-state index contributed by atoms with van der Waals surface area (Å²) in [6.45, 7) is 0.228. The molecule has 0 spiro atoms. The summed E-state index contributed by atoms with van der Waals surface area (Å²) in [6, 6.07) is 14.4. The standard InChI is InChI=1S/C23H18BrCl2FN2O3/c1-31-21-9-16(12-28-29-23(30)8-14-2-6-18(27)7-3-14)19(24)11-22(21)32-13-15-4-5-17(25)10-20(15)26/h2-7,9-12H,8,13H2,1H3,(H,29,30)/b28-12+. The van der Waals surface area contributed by atoms with Crippen LogP contribution in [-0.2, 0) is 17.8 Å². The van der Waals surface area contributed by atoms with E-state index in [1.54, 1.807) is 42.5 Å². The molecule has 0 radical (unpaired) electrons. The molecule has 0 aromatic heterocycles. The highest BCUT2D eigenvalue weighted by molar-refractivity contribution is 9.10. The molecule has 5 nitrogen and oxygen atoms in total. The minimum absolute atomic E-state index is 0.0855. The zero-order valence-corrected chi connectivity index (χ0v) is 20.0. The third-order valence-electron chi connectivity index (χ3n) is 4.35. The number of nitrogens with zero attached hydrogens (tertiary/aromatic N) is 1. The highest BCUT2D eigenvalue weighted by atomic mass is 79.9. The smallest absolute Gasteiger partial charge is 0.244 e. The summed E-state index contributed by atoms with van der Waals surface area (Å²) in [4.78, 5) is 12.0. The summed E-state index contributed by atoms with van der Waals surface area (Å²) in [7, 11) is 1.52. The zero-order valence-electron chi connectivity index (χ0n) is 16.9. The molecule has 0 aliphatic heterocycles.